The van der Waals surface area contributed by atoms with E-state index in [9.17, 15) is 4.79 Å². The van der Waals surface area contributed by atoms with E-state index in [1.807, 2.05) is 0 Å². The normalized spacial score (nSPS) is 20.5. The topological polar surface area (TPSA) is 52.3 Å². The standard InChI is InChI=1S/C11H12BrNO2/c12-9-3-8(4-10(13)5-9)11(14)7-1-2-15-6-7/h3-5,7H,1-2,6,13H2. The number of Topliss-reactive ketones (excluding diaryl/α,β-unsaturated/α-hetero) is 1. The number of ether oxygens (including phenoxy) is 1. The van der Waals surface area contributed by atoms with E-state index in [0.29, 0.717) is 24.5 Å². The van der Waals surface area contributed by atoms with Gasteiger partial charge in [0.25, 0.3) is 0 Å². The van der Waals surface area contributed by atoms with E-state index in [4.69, 9.17) is 10.5 Å². The Bertz CT molecular complexity index is 366. The second kappa shape index (κ2) is 4.33. The molecule has 2 rings (SSSR count). The average molecular weight is 270 g/mol. The molecule has 0 aliphatic carbocycles. The van der Waals surface area contributed by atoms with Crippen molar-refractivity contribution in [3.05, 3.63) is 28.2 Å². The van der Waals surface area contributed by atoms with Gasteiger partial charge in [0.15, 0.2) is 5.78 Å². The highest BCUT2D eigenvalue weighted by atomic mass is 79.9. The molecule has 4 heteroatoms. The fourth-order valence-electron chi connectivity index (χ4n) is 1.73. The lowest BCUT2D eigenvalue weighted by Crippen LogP contribution is -2.14. The maximum Gasteiger partial charge on any atom is 0.168 e. The van der Waals surface area contributed by atoms with Crippen LogP contribution in [0.2, 0.25) is 0 Å². The van der Waals surface area contributed by atoms with E-state index in [2.05, 4.69) is 15.9 Å². The predicted molar refractivity (Wildman–Crippen MR) is 61.8 cm³/mol. The number of anilines is 1. The Balaban J connectivity index is 2.24. The van der Waals surface area contributed by atoms with Crippen LogP contribution >= 0.6 is 15.9 Å². The Labute approximate surface area is 96.7 Å². The number of rotatable bonds is 2. The molecule has 1 aliphatic rings. The van der Waals surface area contributed by atoms with Gasteiger partial charge in [0.2, 0.25) is 0 Å². The number of carbonyl (C=O) groups excluding carboxylic acids is 1. The van der Waals surface area contributed by atoms with E-state index in [0.717, 1.165) is 10.9 Å². The minimum absolute atomic E-state index is 0.00120. The summed E-state index contributed by atoms with van der Waals surface area (Å²) in [6.07, 6.45) is 0.811. The van der Waals surface area contributed by atoms with Crippen molar-refractivity contribution in [3.63, 3.8) is 0 Å². The Morgan fingerprint density at radius 1 is 1.47 bits per heavy atom. The average Bonchev–Trinajstić information content (AvgIpc) is 2.67. The van der Waals surface area contributed by atoms with Crippen molar-refractivity contribution in [3.8, 4) is 0 Å². The van der Waals surface area contributed by atoms with Gasteiger partial charge in [-0.25, -0.2) is 0 Å². The molecule has 0 saturated carbocycles. The van der Waals surface area contributed by atoms with Crippen LogP contribution in [-0.2, 0) is 4.74 Å². The lowest BCUT2D eigenvalue weighted by molar-refractivity contribution is 0.0900. The molecule has 1 aromatic rings. The number of carbonyl (C=O) groups is 1. The second-order valence-corrected chi connectivity index (χ2v) is 4.61. The zero-order valence-corrected chi connectivity index (χ0v) is 9.79. The van der Waals surface area contributed by atoms with E-state index >= 15 is 0 Å². The highest BCUT2D eigenvalue weighted by Gasteiger charge is 2.24. The van der Waals surface area contributed by atoms with Crippen LogP contribution in [0.1, 0.15) is 16.8 Å². The van der Waals surface area contributed by atoms with Gasteiger partial charge in [0, 0.05) is 28.2 Å². The molecule has 2 N–H and O–H groups in total. The van der Waals surface area contributed by atoms with Crippen LogP contribution < -0.4 is 5.73 Å². The molecule has 1 aromatic carbocycles. The zero-order chi connectivity index (χ0) is 10.8. The van der Waals surface area contributed by atoms with Crippen LogP contribution in [0.4, 0.5) is 5.69 Å². The third-order valence-corrected chi connectivity index (χ3v) is 2.96. The van der Waals surface area contributed by atoms with Crippen LogP contribution in [0.25, 0.3) is 0 Å². The minimum Gasteiger partial charge on any atom is -0.399 e. The summed E-state index contributed by atoms with van der Waals surface area (Å²) in [5.74, 6) is 0.124. The Morgan fingerprint density at radius 3 is 2.87 bits per heavy atom. The van der Waals surface area contributed by atoms with Gasteiger partial charge in [-0.3, -0.25) is 4.79 Å². The van der Waals surface area contributed by atoms with Gasteiger partial charge < -0.3 is 10.5 Å². The third kappa shape index (κ3) is 2.38. The van der Waals surface area contributed by atoms with Gasteiger partial charge in [-0.1, -0.05) is 15.9 Å². The summed E-state index contributed by atoms with van der Waals surface area (Å²) in [5, 5.41) is 0. The molecule has 1 heterocycles. The predicted octanol–water partition coefficient (Wildman–Crippen LogP) is 2.25. The van der Waals surface area contributed by atoms with Crippen LogP contribution in [0, 0.1) is 5.92 Å². The molecule has 1 fully saturated rings. The van der Waals surface area contributed by atoms with E-state index in [-0.39, 0.29) is 11.7 Å². The van der Waals surface area contributed by atoms with Gasteiger partial charge in [-0.05, 0) is 24.6 Å². The maximum atomic E-state index is 12.0. The molecule has 0 amide bonds. The van der Waals surface area contributed by atoms with Gasteiger partial charge in [-0.2, -0.15) is 0 Å². The highest BCUT2D eigenvalue weighted by Crippen LogP contribution is 2.23. The fourth-order valence-corrected chi connectivity index (χ4v) is 2.24. The summed E-state index contributed by atoms with van der Waals surface area (Å²) in [5.41, 5.74) is 6.95. The van der Waals surface area contributed by atoms with Crippen molar-refractivity contribution in [2.45, 2.75) is 6.42 Å². The monoisotopic (exact) mass is 269 g/mol. The molecule has 1 aliphatic heterocycles. The number of ketones is 1. The first-order valence-corrected chi connectivity index (χ1v) is 5.64. The Morgan fingerprint density at radius 2 is 2.27 bits per heavy atom. The molecule has 80 valence electrons. The van der Waals surface area contributed by atoms with Crippen molar-refractivity contribution in [1.29, 1.82) is 0 Å². The quantitative estimate of drug-likeness (QED) is 0.662. The summed E-state index contributed by atoms with van der Waals surface area (Å²) in [7, 11) is 0. The van der Waals surface area contributed by atoms with Crippen molar-refractivity contribution >= 4 is 27.4 Å². The van der Waals surface area contributed by atoms with Crippen molar-refractivity contribution in [1.82, 2.24) is 0 Å². The van der Waals surface area contributed by atoms with Crippen LogP contribution in [0.15, 0.2) is 22.7 Å². The van der Waals surface area contributed by atoms with Crippen molar-refractivity contribution < 1.29 is 9.53 Å². The summed E-state index contributed by atoms with van der Waals surface area (Å²) < 4.78 is 6.03. The molecule has 0 spiro atoms. The van der Waals surface area contributed by atoms with Crippen LogP contribution in [0.5, 0.6) is 0 Å². The fraction of sp³-hybridized carbons (Fsp3) is 0.364. The van der Waals surface area contributed by atoms with Crippen molar-refractivity contribution in [2.24, 2.45) is 5.92 Å². The van der Waals surface area contributed by atoms with E-state index in [1.54, 1.807) is 18.2 Å². The highest BCUT2D eigenvalue weighted by molar-refractivity contribution is 9.10. The van der Waals surface area contributed by atoms with Gasteiger partial charge in [-0.15, -0.1) is 0 Å². The molecule has 1 saturated heterocycles. The Hall–Kier alpha value is -0.870. The Kier molecular flexibility index (Phi) is 3.07. The zero-order valence-electron chi connectivity index (χ0n) is 8.20. The van der Waals surface area contributed by atoms with Crippen LogP contribution in [0.3, 0.4) is 0 Å². The molecule has 15 heavy (non-hydrogen) atoms. The number of hydrogen-bond donors (Lipinski definition) is 1. The summed E-state index contributed by atoms with van der Waals surface area (Å²) in [6.45, 7) is 1.21. The molecule has 0 bridgehead atoms. The number of nitrogen functional groups attached to an aromatic ring is 1. The first kappa shape index (κ1) is 10.6. The molecule has 0 aromatic heterocycles. The number of hydrogen-bond acceptors (Lipinski definition) is 3. The minimum atomic E-state index is -0.00120. The largest absolute Gasteiger partial charge is 0.399 e. The van der Waals surface area contributed by atoms with Gasteiger partial charge in [0.1, 0.15) is 0 Å². The first-order valence-electron chi connectivity index (χ1n) is 4.85. The molecule has 1 atom stereocenters. The summed E-state index contributed by atoms with van der Waals surface area (Å²) in [6, 6.07) is 5.30. The smallest absolute Gasteiger partial charge is 0.168 e. The van der Waals surface area contributed by atoms with Gasteiger partial charge in [0.05, 0.1) is 6.61 Å². The molecule has 0 radical (unpaired) electrons. The van der Waals surface area contributed by atoms with Crippen molar-refractivity contribution in [2.75, 3.05) is 18.9 Å². The molecule has 3 nitrogen and oxygen atoms in total. The maximum absolute atomic E-state index is 12.0. The third-order valence-electron chi connectivity index (χ3n) is 2.51. The molecule has 1 unspecified atom stereocenters. The second-order valence-electron chi connectivity index (χ2n) is 3.70. The lowest BCUT2D eigenvalue weighted by atomic mass is 9.97. The number of nitrogens with two attached hydrogens (primary N) is 1. The van der Waals surface area contributed by atoms with E-state index in [1.165, 1.54) is 0 Å². The van der Waals surface area contributed by atoms with E-state index < -0.39 is 0 Å². The lowest BCUT2D eigenvalue weighted by Gasteiger charge is -2.07. The molecular weight excluding hydrogens is 258 g/mol. The SMILES string of the molecule is Nc1cc(Br)cc(C(=O)C2CCOC2)c1. The molecular formula is C11H12BrNO2. The number of halogens is 1. The van der Waals surface area contributed by atoms with Crippen LogP contribution in [-0.4, -0.2) is 19.0 Å². The summed E-state index contributed by atoms with van der Waals surface area (Å²) in [4.78, 5) is 12.0. The number of benzene rings is 1. The summed E-state index contributed by atoms with van der Waals surface area (Å²) >= 11 is 3.33. The van der Waals surface area contributed by atoms with Gasteiger partial charge >= 0.3 is 0 Å². The first-order chi connectivity index (χ1) is 7.16.